The Labute approximate surface area is 159 Å². The van der Waals surface area contributed by atoms with E-state index in [1.54, 1.807) is 12.1 Å². The van der Waals surface area contributed by atoms with Gasteiger partial charge in [0.15, 0.2) is 0 Å². The molecule has 0 spiro atoms. The molecule has 0 atom stereocenters. The summed E-state index contributed by atoms with van der Waals surface area (Å²) in [5, 5.41) is 7.11. The van der Waals surface area contributed by atoms with E-state index in [0.29, 0.717) is 0 Å². The first-order valence-corrected chi connectivity index (χ1v) is 8.20. The lowest BCUT2D eigenvalue weighted by atomic mass is 10.1. The highest BCUT2D eigenvalue weighted by Crippen LogP contribution is 2.36. The predicted molar refractivity (Wildman–Crippen MR) is 97.7 cm³/mol. The normalized spacial score (nSPS) is 10.9. The molecule has 0 saturated carbocycles. The molecule has 0 heterocycles. The lowest BCUT2D eigenvalue weighted by Gasteiger charge is -2.15. The quantitative estimate of drug-likeness (QED) is 0.726. The molecule has 0 bridgehead atoms. The second-order valence-corrected chi connectivity index (χ2v) is 6.00. The fraction of sp³-hybridized carbons (Fsp3) is 0.211. The molecule has 0 radical (unpaired) electrons. The summed E-state index contributed by atoms with van der Waals surface area (Å²) in [6, 6.07) is 9.19. The van der Waals surface area contributed by atoms with Gasteiger partial charge in [0, 0.05) is 31.6 Å². The van der Waals surface area contributed by atoms with Gasteiger partial charge >= 0.3 is 6.18 Å². The minimum Gasteiger partial charge on any atom is -0.352 e. The number of benzene rings is 2. The third-order valence-corrected chi connectivity index (χ3v) is 3.65. The van der Waals surface area contributed by atoms with Crippen LogP contribution in [0.4, 0.5) is 24.5 Å². The number of carbonyl (C=O) groups excluding carboxylic acids is 3. The summed E-state index contributed by atoms with van der Waals surface area (Å²) < 4.78 is 40.0. The Kier molecular flexibility index (Phi) is 6.40. The molecule has 2 aromatic rings. The fourth-order valence-corrected chi connectivity index (χ4v) is 2.36. The highest BCUT2D eigenvalue weighted by Gasteiger charge is 2.34. The van der Waals surface area contributed by atoms with E-state index in [0.717, 1.165) is 17.7 Å². The van der Waals surface area contributed by atoms with Crippen molar-refractivity contribution in [2.75, 3.05) is 10.6 Å². The molecular formula is C19H18F3N3O3. The van der Waals surface area contributed by atoms with Gasteiger partial charge in [-0.05, 0) is 35.9 Å². The van der Waals surface area contributed by atoms with E-state index in [9.17, 15) is 27.6 Å². The number of amides is 3. The van der Waals surface area contributed by atoms with Gasteiger partial charge in [-0.15, -0.1) is 0 Å². The molecule has 9 heteroatoms. The monoisotopic (exact) mass is 393 g/mol. The average molecular weight is 393 g/mol. The number of hydrogen-bond donors (Lipinski definition) is 3. The van der Waals surface area contributed by atoms with E-state index >= 15 is 0 Å². The molecule has 2 aromatic carbocycles. The van der Waals surface area contributed by atoms with Gasteiger partial charge in [-0.2, -0.15) is 13.2 Å². The van der Waals surface area contributed by atoms with Crippen LogP contribution < -0.4 is 16.0 Å². The van der Waals surface area contributed by atoms with Gasteiger partial charge in [0.1, 0.15) is 0 Å². The third kappa shape index (κ3) is 5.83. The smallest absolute Gasteiger partial charge is 0.352 e. The number of anilines is 2. The van der Waals surface area contributed by atoms with Gasteiger partial charge in [-0.3, -0.25) is 14.4 Å². The van der Waals surface area contributed by atoms with Crippen LogP contribution in [0.5, 0.6) is 0 Å². The zero-order chi connectivity index (χ0) is 20.9. The number of carbonyl (C=O) groups is 3. The van der Waals surface area contributed by atoms with E-state index < -0.39 is 29.2 Å². The van der Waals surface area contributed by atoms with Crippen LogP contribution in [0.3, 0.4) is 0 Å². The molecule has 0 fully saturated rings. The second-order valence-electron chi connectivity index (χ2n) is 6.00. The largest absolute Gasteiger partial charge is 0.418 e. The second kappa shape index (κ2) is 8.55. The van der Waals surface area contributed by atoms with Crippen LogP contribution in [0.2, 0.25) is 0 Å². The molecule has 0 unspecified atom stereocenters. The highest BCUT2D eigenvalue weighted by atomic mass is 19.4. The van der Waals surface area contributed by atoms with Crippen molar-refractivity contribution in [3.05, 3.63) is 59.2 Å². The Morgan fingerprint density at radius 1 is 0.893 bits per heavy atom. The van der Waals surface area contributed by atoms with Crippen LogP contribution in [0.15, 0.2) is 42.5 Å². The molecule has 0 aromatic heterocycles. The molecule has 0 saturated heterocycles. The topological polar surface area (TPSA) is 87.3 Å². The number of nitrogens with one attached hydrogen (secondary N) is 3. The third-order valence-electron chi connectivity index (χ3n) is 3.65. The van der Waals surface area contributed by atoms with Crippen molar-refractivity contribution in [2.45, 2.75) is 26.6 Å². The van der Waals surface area contributed by atoms with Crippen molar-refractivity contribution in [3.63, 3.8) is 0 Å². The Bertz CT molecular complexity index is 894. The van der Waals surface area contributed by atoms with Gasteiger partial charge in [-0.1, -0.05) is 12.1 Å². The average Bonchev–Trinajstić information content (AvgIpc) is 2.60. The number of halogens is 3. The lowest BCUT2D eigenvalue weighted by molar-refractivity contribution is -0.137. The Hall–Kier alpha value is -3.36. The van der Waals surface area contributed by atoms with Crippen molar-refractivity contribution >= 4 is 29.1 Å². The lowest BCUT2D eigenvalue weighted by Crippen LogP contribution is -2.19. The zero-order valence-corrected chi connectivity index (χ0v) is 15.1. The highest BCUT2D eigenvalue weighted by molar-refractivity contribution is 6.05. The molecule has 3 N–H and O–H groups in total. The van der Waals surface area contributed by atoms with E-state index in [4.69, 9.17) is 0 Å². The fourth-order valence-electron chi connectivity index (χ4n) is 2.36. The van der Waals surface area contributed by atoms with Gasteiger partial charge in [-0.25, -0.2) is 0 Å². The van der Waals surface area contributed by atoms with Gasteiger partial charge in [0.05, 0.1) is 11.3 Å². The summed E-state index contributed by atoms with van der Waals surface area (Å²) in [6.07, 6.45) is -4.72. The Balaban J connectivity index is 2.20. The minimum absolute atomic E-state index is 0.0276. The van der Waals surface area contributed by atoms with Gasteiger partial charge in [0.2, 0.25) is 11.8 Å². The molecule has 0 aliphatic carbocycles. The Morgan fingerprint density at radius 3 is 2.07 bits per heavy atom. The van der Waals surface area contributed by atoms with Crippen LogP contribution in [-0.2, 0) is 22.3 Å². The minimum atomic E-state index is -4.72. The van der Waals surface area contributed by atoms with Crippen molar-refractivity contribution in [2.24, 2.45) is 0 Å². The molecule has 28 heavy (non-hydrogen) atoms. The first-order valence-electron chi connectivity index (χ1n) is 8.20. The summed E-state index contributed by atoms with van der Waals surface area (Å²) in [5.41, 5.74) is -0.628. The number of rotatable bonds is 5. The predicted octanol–water partition coefficient (Wildman–Crippen LogP) is 3.55. The van der Waals surface area contributed by atoms with Gasteiger partial charge < -0.3 is 16.0 Å². The molecule has 6 nitrogen and oxygen atoms in total. The summed E-state index contributed by atoms with van der Waals surface area (Å²) in [7, 11) is 0. The Morgan fingerprint density at radius 2 is 1.54 bits per heavy atom. The first kappa shape index (κ1) is 20.9. The van der Waals surface area contributed by atoms with Gasteiger partial charge in [0.25, 0.3) is 5.91 Å². The molecule has 148 valence electrons. The van der Waals surface area contributed by atoms with Crippen molar-refractivity contribution in [1.29, 1.82) is 0 Å². The number of alkyl halides is 3. The van der Waals surface area contributed by atoms with E-state index in [2.05, 4.69) is 16.0 Å². The van der Waals surface area contributed by atoms with E-state index in [1.165, 1.54) is 32.0 Å². The van der Waals surface area contributed by atoms with Crippen LogP contribution in [0.1, 0.15) is 35.3 Å². The molecule has 0 aliphatic heterocycles. The first-order chi connectivity index (χ1) is 13.1. The van der Waals surface area contributed by atoms with E-state index in [1.807, 2.05) is 0 Å². The van der Waals surface area contributed by atoms with E-state index in [-0.39, 0.29) is 23.7 Å². The standard InChI is InChI=1S/C19H18F3N3O3/c1-11(26)23-10-13-3-5-14(6-4-13)18(28)25-17-8-7-15(24-12(2)27)9-16(17)19(20,21)22/h3-9H,10H2,1-2H3,(H,23,26)(H,24,27)(H,25,28). The zero-order valence-electron chi connectivity index (χ0n) is 15.1. The maximum atomic E-state index is 13.3. The summed E-state index contributed by atoms with van der Waals surface area (Å²) in [4.78, 5) is 34.3. The summed E-state index contributed by atoms with van der Waals surface area (Å²) in [5.74, 6) is -1.43. The van der Waals surface area contributed by atoms with Crippen molar-refractivity contribution in [1.82, 2.24) is 5.32 Å². The maximum Gasteiger partial charge on any atom is 0.418 e. The number of hydrogen-bond acceptors (Lipinski definition) is 3. The molecule has 2 rings (SSSR count). The van der Waals surface area contributed by atoms with Crippen LogP contribution in [-0.4, -0.2) is 17.7 Å². The summed E-state index contributed by atoms with van der Waals surface area (Å²) in [6.45, 7) is 2.83. The van der Waals surface area contributed by atoms with Crippen molar-refractivity contribution in [3.8, 4) is 0 Å². The van der Waals surface area contributed by atoms with Crippen molar-refractivity contribution < 1.29 is 27.6 Å². The van der Waals surface area contributed by atoms with Crippen LogP contribution >= 0.6 is 0 Å². The van der Waals surface area contributed by atoms with Crippen LogP contribution in [0, 0.1) is 0 Å². The SMILES string of the molecule is CC(=O)NCc1ccc(C(=O)Nc2ccc(NC(C)=O)cc2C(F)(F)F)cc1. The van der Waals surface area contributed by atoms with Crippen LogP contribution in [0.25, 0.3) is 0 Å². The summed E-state index contributed by atoms with van der Waals surface area (Å²) >= 11 is 0. The maximum absolute atomic E-state index is 13.3. The molecule has 0 aliphatic rings. The molecule has 3 amide bonds. The molecular weight excluding hydrogens is 375 g/mol.